The van der Waals surface area contributed by atoms with Crippen molar-refractivity contribution in [2.24, 2.45) is 0 Å². The summed E-state index contributed by atoms with van der Waals surface area (Å²) < 4.78 is 1.89. The molecule has 0 saturated carbocycles. The van der Waals surface area contributed by atoms with E-state index in [2.05, 4.69) is 27.6 Å². The van der Waals surface area contributed by atoms with Crippen molar-refractivity contribution < 1.29 is 4.79 Å². The summed E-state index contributed by atoms with van der Waals surface area (Å²) in [5.41, 5.74) is 1.47. The molecule has 2 N–H and O–H groups in total. The number of nitrogens with zero attached hydrogens (tertiary/aromatic N) is 3. The van der Waals surface area contributed by atoms with E-state index in [-0.39, 0.29) is 18.3 Å². The lowest BCUT2D eigenvalue weighted by atomic mass is 10.1. The van der Waals surface area contributed by atoms with Crippen LogP contribution >= 0.6 is 23.7 Å². The first-order valence-electron chi connectivity index (χ1n) is 7.78. The molecule has 3 rings (SSSR count). The third-order valence-electron chi connectivity index (χ3n) is 3.76. The normalized spacial score (nSPS) is 17.5. The van der Waals surface area contributed by atoms with Crippen LogP contribution in [0.3, 0.4) is 0 Å². The Balaban J connectivity index is 0.00000192. The van der Waals surface area contributed by atoms with Crippen molar-refractivity contribution >= 4 is 34.8 Å². The molecule has 6 nitrogen and oxygen atoms in total. The van der Waals surface area contributed by atoms with Crippen LogP contribution in [0, 0.1) is 0 Å². The summed E-state index contributed by atoms with van der Waals surface area (Å²) >= 11 is 1.46. The number of carbonyl (C=O) groups excluding carboxylic acids is 1. The molecule has 3 heterocycles. The van der Waals surface area contributed by atoms with E-state index in [4.69, 9.17) is 0 Å². The van der Waals surface area contributed by atoms with Gasteiger partial charge in [0.05, 0.1) is 11.7 Å². The Morgan fingerprint density at radius 3 is 3.17 bits per heavy atom. The number of piperidine rings is 1. The van der Waals surface area contributed by atoms with Gasteiger partial charge in [-0.25, -0.2) is 4.98 Å². The second-order valence-corrected chi connectivity index (χ2v) is 6.39. The van der Waals surface area contributed by atoms with Crippen molar-refractivity contribution in [1.82, 2.24) is 20.1 Å². The van der Waals surface area contributed by atoms with E-state index in [1.165, 1.54) is 11.3 Å². The van der Waals surface area contributed by atoms with Gasteiger partial charge in [-0.05, 0) is 31.9 Å². The first kappa shape index (κ1) is 17.9. The number of amides is 1. The maximum atomic E-state index is 12.2. The molecular formula is C15H22ClN5OS. The summed E-state index contributed by atoms with van der Waals surface area (Å²) in [4.78, 5) is 16.6. The molecule has 1 aliphatic rings. The molecule has 8 heteroatoms. The SMILES string of the molecule is CCCc1csc(NC(=O)c2ccn(C3CCCNC3)n2)n1.Cl. The average Bonchev–Trinajstić information content (AvgIpc) is 3.18. The highest BCUT2D eigenvalue weighted by Gasteiger charge is 2.18. The van der Waals surface area contributed by atoms with Gasteiger partial charge in [0.25, 0.3) is 5.91 Å². The van der Waals surface area contributed by atoms with E-state index in [9.17, 15) is 4.79 Å². The molecule has 1 amide bonds. The van der Waals surface area contributed by atoms with Crippen molar-refractivity contribution in [2.45, 2.75) is 38.6 Å². The number of rotatable bonds is 5. The van der Waals surface area contributed by atoms with Crippen molar-refractivity contribution in [3.63, 3.8) is 0 Å². The van der Waals surface area contributed by atoms with E-state index in [0.717, 1.165) is 44.5 Å². The molecule has 0 bridgehead atoms. The summed E-state index contributed by atoms with van der Waals surface area (Å²) in [5, 5.41) is 13.2. The Bertz CT molecular complexity index is 635. The second kappa shape index (κ2) is 8.42. The van der Waals surface area contributed by atoms with Gasteiger partial charge in [-0.3, -0.25) is 14.8 Å². The zero-order valence-electron chi connectivity index (χ0n) is 13.1. The standard InChI is InChI=1S/C15H21N5OS.ClH/c1-2-4-11-10-22-15(17-11)18-14(21)13-6-8-20(19-13)12-5-3-7-16-9-12;/h6,8,10,12,16H,2-5,7,9H2,1H3,(H,17,18,21);1H. The summed E-state index contributed by atoms with van der Waals surface area (Å²) in [6, 6.07) is 2.11. The molecule has 1 atom stereocenters. The molecule has 1 aliphatic heterocycles. The number of nitrogens with one attached hydrogen (secondary N) is 2. The molecule has 0 aromatic carbocycles. The minimum atomic E-state index is -0.195. The van der Waals surface area contributed by atoms with E-state index in [1.54, 1.807) is 6.07 Å². The topological polar surface area (TPSA) is 71.8 Å². The van der Waals surface area contributed by atoms with Crippen LogP contribution in [-0.4, -0.2) is 33.8 Å². The Morgan fingerprint density at radius 1 is 1.57 bits per heavy atom. The first-order chi connectivity index (χ1) is 10.8. The summed E-state index contributed by atoms with van der Waals surface area (Å²) in [7, 11) is 0. The molecule has 2 aromatic rings. The van der Waals surface area contributed by atoms with Gasteiger partial charge in [-0.1, -0.05) is 13.3 Å². The molecule has 2 aromatic heterocycles. The number of anilines is 1. The highest BCUT2D eigenvalue weighted by Crippen LogP contribution is 2.18. The summed E-state index contributed by atoms with van der Waals surface area (Å²) in [6.45, 7) is 4.09. The lowest BCUT2D eigenvalue weighted by Gasteiger charge is -2.22. The molecule has 1 unspecified atom stereocenters. The van der Waals surface area contributed by atoms with Crippen LogP contribution in [0.15, 0.2) is 17.6 Å². The van der Waals surface area contributed by atoms with Crippen molar-refractivity contribution in [2.75, 3.05) is 18.4 Å². The molecule has 126 valence electrons. The minimum absolute atomic E-state index is 0. The van der Waals surface area contributed by atoms with E-state index < -0.39 is 0 Å². The van der Waals surface area contributed by atoms with Crippen LogP contribution in [0.4, 0.5) is 5.13 Å². The number of thiazole rings is 1. The molecule has 0 radical (unpaired) electrons. The fourth-order valence-corrected chi connectivity index (χ4v) is 3.36. The van der Waals surface area contributed by atoms with Crippen molar-refractivity contribution in [1.29, 1.82) is 0 Å². The third kappa shape index (κ3) is 4.53. The third-order valence-corrected chi connectivity index (χ3v) is 4.57. The van der Waals surface area contributed by atoms with Crippen LogP contribution in [0.2, 0.25) is 0 Å². The number of hydrogen-bond donors (Lipinski definition) is 2. The van der Waals surface area contributed by atoms with E-state index >= 15 is 0 Å². The van der Waals surface area contributed by atoms with Gasteiger partial charge in [-0.15, -0.1) is 23.7 Å². The lowest BCUT2D eigenvalue weighted by Crippen LogP contribution is -2.32. The number of halogens is 1. The van der Waals surface area contributed by atoms with Crippen LogP contribution in [0.1, 0.15) is 48.4 Å². The summed E-state index contributed by atoms with van der Waals surface area (Å²) in [6.07, 6.45) is 6.12. The number of aryl methyl sites for hydroxylation is 1. The first-order valence-corrected chi connectivity index (χ1v) is 8.66. The molecule has 0 spiro atoms. The summed E-state index contributed by atoms with van der Waals surface area (Å²) in [5.74, 6) is -0.195. The van der Waals surface area contributed by atoms with Gasteiger partial charge in [-0.2, -0.15) is 5.10 Å². The zero-order valence-corrected chi connectivity index (χ0v) is 14.8. The van der Waals surface area contributed by atoms with Crippen LogP contribution in [0.5, 0.6) is 0 Å². The van der Waals surface area contributed by atoms with Crippen molar-refractivity contribution in [3.8, 4) is 0 Å². The molecule has 1 fully saturated rings. The van der Waals surface area contributed by atoms with Gasteiger partial charge >= 0.3 is 0 Å². The van der Waals surface area contributed by atoms with E-state index in [0.29, 0.717) is 16.9 Å². The second-order valence-electron chi connectivity index (χ2n) is 5.53. The molecule has 1 saturated heterocycles. The maximum absolute atomic E-state index is 12.2. The monoisotopic (exact) mass is 355 g/mol. The predicted molar refractivity (Wildman–Crippen MR) is 94.7 cm³/mol. The molecule has 0 aliphatic carbocycles. The van der Waals surface area contributed by atoms with Crippen LogP contribution in [0.25, 0.3) is 0 Å². The van der Waals surface area contributed by atoms with Gasteiger partial charge < -0.3 is 5.32 Å². The minimum Gasteiger partial charge on any atom is -0.315 e. The number of hydrogen-bond acceptors (Lipinski definition) is 5. The Labute approximate surface area is 146 Å². The van der Waals surface area contributed by atoms with Crippen LogP contribution < -0.4 is 10.6 Å². The fourth-order valence-electron chi connectivity index (χ4n) is 2.62. The predicted octanol–water partition coefficient (Wildman–Crippen LogP) is 2.89. The lowest BCUT2D eigenvalue weighted by molar-refractivity contribution is 0.102. The zero-order chi connectivity index (χ0) is 15.4. The number of carbonyl (C=O) groups is 1. The highest BCUT2D eigenvalue weighted by atomic mass is 35.5. The van der Waals surface area contributed by atoms with Gasteiger partial charge in [0, 0.05) is 18.1 Å². The van der Waals surface area contributed by atoms with Gasteiger partial charge in [0.1, 0.15) is 0 Å². The Hall–Kier alpha value is -1.44. The maximum Gasteiger partial charge on any atom is 0.277 e. The van der Waals surface area contributed by atoms with Gasteiger partial charge in [0.15, 0.2) is 10.8 Å². The Morgan fingerprint density at radius 2 is 2.43 bits per heavy atom. The van der Waals surface area contributed by atoms with Gasteiger partial charge in [0.2, 0.25) is 0 Å². The number of aromatic nitrogens is 3. The van der Waals surface area contributed by atoms with Crippen LogP contribution in [-0.2, 0) is 6.42 Å². The fraction of sp³-hybridized carbons (Fsp3) is 0.533. The smallest absolute Gasteiger partial charge is 0.277 e. The Kier molecular flexibility index (Phi) is 6.56. The molecule has 23 heavy (non-hydrogen) atoms. The largest absolute Gasteiger partial charge is 0.315 e. The van der Waals surface area contributed by atoms with E-state index in [1.807, 2.05) is 16.3 Å². The highest BCUT2D eigenvalue weighted by molar-refractivity contribution is 7.13. The van der Waals surface area contributed by atoms with Crippen molar-refractivity contribution in [3.05, 3.63) is 29.0 Å². The quantitative estimate of drug-likeness (QED) is 0.865. The average molecular weight is 356 g/mol. The molecular weight excluding hydrogens is 334 g/mol.